The van der Waals surface area contributed by atoms with Gasteiger partial charge in [-0.2, -0.15) is 0 Å². The van der Waals surface area contributed by atoms with Crippen LogP contribution in [0.15, 0.2) is 12.1 Å². The van der Waals surface area contributed by atoms with E-state index in [9.17, 15) is 9.59 Å². The maximum absolute atomic E-state index is 11.5. The fourth-order valence-corrected chi connectivity index (χ4v) is 2.17. The number of anilines is 1. The zero-order chi connectivity index (χ0) is 11.5. The third-order valence-electron chi connectivity index (χ3n) is 2.36. The molecule has 2 amide bonds. The standard InChI is InChI=1S/C11H14N2O2S/c1-2-12-11(15)8-5-6-9(16-8)13-10(14)7-3-4-7/h5-7H,2-4H2,1H3,(H,12,15)(H,13,14). The molecule has 1 aromatic rings. The van der Waals surface area contributed by atoms with Crippen LogP contribution in [-0.4, -0.2) is 18.4 Å². The number of rotatable bonds is 4. The maximum atomic E-state index is 11.5. The van der Waals surface area contributed by atoms with Crippen molar-refractivity contribution in [2.45, 2.75) is 19.8 Å². The predicted molar refractivity (Wildman–Crippen MR) is 63.7 cm³/mol. The van der Waals surface area contributed by atoms with E-state index in [4.69, 9.17) is 0 Å². The molecule has 16 heavy (non-hydrogen) atoms. The van der Waals surface area contributed by atoms with E-state index in [-0.39, 0.29) is 17.7 Å². The van der Waals surface area contributed by atoms with Gasteiger partial charge in [0.15, 0.2) is 0 Å². The summed E-state index contributed by atoms with van der Waals surface area (Å²) >= 11 is 1.31. The minimum absolute atomic E-state index is 0.0734. The van der Waals surface area contributed by atoms with E-state index >= 15 is 0 Å². The Balaban J connectivity index is 1.95. The topological polar surface area (TPSA) is 58.2 Å². The molecule has 0 spiro atoms. The molecule has 0 aliphatic heterocycles. The molecule has 1 fully saturated rings. The highest BCUT2D eigenvalue weighted by Gasteiger charge is 2.29. The number of carbonyl (C=O) groups is 2. The SMILES string of the molecule is CCNC(=O)c1ccc(NC(=O)C2CC2)s1. The van der Waals surface area contributed by atoms with Crippen LogP contribution in [0.3, 0.4) is 0 Å². The van der Waals surface area contributed by atoms with Gasteiger partial charge in [-0.3, -0.25) is 9.59 Å². The van der Waals surface area contributed by atoms with E-state index in [1.807, 2.05) is 6.92 Å². The van der Waals surface area contributed by atoms with Crippen LogP contribution in [-0.2, 0) is 4.79 Å². The summed E-state index contributed by atoms with van der Waals surface area (Å²) in [5, 5.41) is 6.29. The van der Waals surface area contributed by atoms with Crippen molar-refractivity contribution in [2.24, 2.45) is 5.92 Å². The quantitative estimate of drug-likeness (QED) is 0.841. The lowest BCUT2D eigenvalue weighted by molar-refractivity contribution is -0.117. The highest BCUT2D eigenvalue weighted by Crippen LogP contribution is 2.31. The summed E-state index contributed by atoms with van der Waals surface area (Å²) in [6.45, 7) is 2.49. The van der Waals surface area contributed by atoms with Gasteiger partial charge in [0.2, 0.25) is 5.91 Å². The molecule has 1 aliphatic carbocycles. The maximum Gasteiger partial charge on any atom is 0.261 e. The molecule has 5 heteroatoms. The lowest BCUT2D eigenvalue weighted by Gasteiger charge is -1.99. The average molecular weight is 238 g/mol. The van der Waals surface area contributed by atoms with Gasteiger partial charge < -0.3 is 10.6 Å². The van der Waals surface area contributed by atoms with Crippen molar-refractivity contribution in [3.05, 3.63) is 17.0 Å². The van der Waals surface area contributed by atoms with Crippen LogP contribution in [0.4, 0.5) is 5.00 Å². The van der Waals surface area contributed by atoms with Gasteiger partial charge in [0.1, 0.15) is 0 Å². The fourth-order valence-electron chi connectivity index (χ4n) is 1.34. The first-order chi connectivity index (χ1) is 7.70. The number of thiophene rings is 1. The van der Waals surface area contributed by atoms with Gasteiger partial charge in [0.25, 0.3) is 5.91 Å². The van der Waals surface area contributed by atoms with E-state index < -0.39 is 0 Å². The molecule has 86 valence electrons. The van der Waals surface area contributed by atoms with Crippen LogP contribution in [0.25, 0.3) is 0 Å². The van der Waals surface area contributed by atoms with Gasteiger partial charge in [-0.25, -0.2) is 0 Å². The molecule has 1 aliphatic rings. The third kappa shape index (κ3) is 2.61. The van der Waals surface area contributed by atoms with Crippen molar-refractivity contribution in [1.29, 1.82) is 0 Å². The summed E-state index contributed by atoms with van der Waals surface area (Å²) < 4.78 is 0. The molecule has 0 bridgehead atoms. The third-order valence-corrected chi connectivity index (χ3v) is 3.36. The molecule has 1 heterocycles. The molecule has 0 radical (unpaired) electrons. The Bertz CT molecular complexity index is 410. The van der Waals surface area contributed by atoms with Crippen LogP contribution in [0.1, 0.15) is 29.4 Å². The van der Waals surface area contributed by atoms with E-state index in [1.54, 1.807) is 12.1 Å². The van der Waals surface area contributed by atoms with Crippen molar-refractivity contribution >= 4 is 28.2 Å². The first kappa shape index (κ1) is 11.1. The number of amides is 2. The molecule has 0 unspecified atom stereocenters. The van der Waals surface area contributed by atoms with Gasteiger partial charge in [-0.15, -0.1) is 11.3 Å². The van der Waals surface area contributed by atoms with E-state index in [0.717, 1.165) is 17.8 Å². The molecule has 0 saturated heterocycles. The highest BCUT2D eigenvalue weighted by molar-refractivity contribution is 7.18. The summed E-state index contributed by atoms with van der Waals surface area (Å²) in [6, 6.07) is 3.51. The second kappa shape index (κ2) is 4.65. The van der Waals surface area contributed by atoms with Crippen molar-refractivity contribution in [3.8, 4) is 0 Å². The molecule has 1 aromatic heterocycles. The van der Waals surface area contributed by atoms with Gasteiger partial charge >= 0.3 is 0 Å². The summed E-state index contributed by atoms with van der Waals surface area (Å²) in [5.41, 5.74) is 0. The van der Waals surface area contributed by atoms with Gasteiger partial charge in [0.05, 0.1) is 9.88 Å². The van der Waals surface area contributed by atoms with Gasteiger partial charge in [-0.1, -0.05) is 0 Å². The lowest BCUT2D eigenvalue weighted by atomic mass is 10.4. The Labute approximate surface area is 98.0 Å². The van der Waals surface area contributed by atoms with Crippen LogP contribution in [0, 0.1) is 5.92 Å². The van der Waals surface area contributed by atoms with Crippen molar-refractivity contribution in [2.75, 3.05) is 11.9 Å². The van der Waals surface area contributed by atoms with Crippen molar-refractivity contribution in [1.82, 2.24) is 5.32 Å². The van der Waals surface area contributed by atoms with E-state index in [0.29, 0.717) is 11.4 Å². The average Bonchev–Trinajstić information content (AvgIpc) is 3.00. The van der Waals surface area contributed by atoms with Gasteiger partial charge in [-0.05, 0) is 31.9 Å². The second-order valence-electron chi connectivity index (χ2n) is 3.79. The first-order valence-corrected chi connectivity index (χ1v) is 6.21. The smallest absolute Gasteiger partial charge is 0.261 e. The molecule has 1 saturated carbocycles. The Hall–Kier alpha value is -1.36. The summed E-state index contributed by atoms with van der Waals surface area (Å²) in [5.74, 6) is 0.179. The van der Waals surface area contributed by atoms with Crippen LogP contribution in [0.5, 0.6) is 0 Å². The lowest BCUT2D eigenvalue weighted by Crippen LogP contribution is -2.21. The first-order valence-electron chi connectivity index (χ1n) is 5.39. The Morgan fingerprint density at radius 2 is 2.19 bits per heavy atom. The van der Waals surface area contributed by atoms with Gasteiger partial charge in [0, 0.05) is 12.5 Å². The Morgan fingerprint density at radius 1 is 1.44 bits per heavy atom. The predicted octanol–water partition coefficient (Wildman–Crippen LogP) is 1.85. The van der Waals surface area contributed by atoms with E-state index in [2.05, 4.69) is 10.6 Å². The van der Waals surface area contributed by atoms with E-state index in [1.165, 1.54) is 11.3 Å². The molecule has 0 atom stereocenters. The van der Waals surface area contributed by atoms with Crippen LogP contribution >= 0.6 is 11.3 Å². The monoisotopic (exact) mass is 238 g/mol. The molecule has 0 aromatic carbocycles. The molecule has 4 nitrogen and oxygen atoms in total. The molecular formula is C11H14N2O2S. The highest BCUT2D eigenvalue weighted by atomic mass is 32.1. The zero-order valence-corrected chi connectivity index (χ0v) is 9.89. The van der Waals surface area contributed by atoms with Crippen molar-refractivity contribution < 1.29 is 9.59 Å². The summed E-state index contributed by atoms with van der Waals surface area (Å²) in [4.78, 5) is 23.6. The number of carbonyl (C=O) groups excluding carboxylic acids is 2. The normalized spacial score (nSPS) is 14.6. The summed E-state index contributed by atoms with van der Waals surface area (Å²) in [7, 11) is 0. The molecule has 2 N–H and O–H groups in total. The minimum atomic E-state index is -0.0839. The Kier molecular flexibility index (Phi) is 3.24. The largest absolute Gasteiger partial charge is 0.352 e. The zero-order valence-electron chi connectivity index (χ0n) is 9.08. The number of nitrogens with one attached hydrogen (secondary N) is 2. The van der Waals surface area contributed by atoms with Crippen LogP contribution < -0.4 is 10.6 Å². The van der Waals surface area contributed by atoms with Crippen molar-refractivity contribution in [3.63, 3.8) is 0 Å². The van der Waals surface area contributed by atoms with Crippen LogP contribution in [0.2, 0.25) is 0 Å². The summed E-state index contributed by atoms with van der Waals surface area (Å²) in [6.07, 6.45) is 1.97. The number of hydrogen-bond donors (Lipinski definition) is 2. The number of hydrogen-bond acceptors (Lipinski definition) is 3. The fraction of sp³-hybridized carbons (Fsp3) is 0.455. The Morgan fingerprint density at radius 3 is 2.81 bits per heavy atom. The molecule has 2 rings (SSSR count). The minimum Gasteiger partial charge on any atom is -0.352 e. The second-order valence-corrected chi connectivity index (χ2v) is 4.87. The molecular weight excluding hydrogens is 224 g/mol.